The number of benzene rings is 1. The number of nitrogens with two attached hydrogens (primary N) is 1. The molecule has 1 amide bonds. The van der Waals surface area contributed by atoms with Crippen LogP contribution in [0.5, 0.6) is 5.75 Å². The molecule has 0 saturated heterocycles. The number of pyridine rings is 1. The van der Waals surface area contributed by atoms with Gasteiger partial charge in [0.15, 0.2) is 0 Å². The van der Waals surface area contributed by atoms with Crippen LogP contribution in [0.1, 0.15) is 59.1 Å². The molecule has 2 aromatic heterocycles. The maximum Gasteiger partial charge on any atom is 0.573 e. The summed E-state index contributed by atoms with van der Waals surface area (Å²) < 4.78 is 44.7. The third-order valence-corrected chi connectivity index (χ3v) is 5.22. The van der Waals surface area contributed by atoms with Gasteiger partial charge in [-0.3, -0.25) is 9.78 Å². The summed E-state index contributed by atoms with van der Waals surface area (Å²) in [5.41, 5.74) is 8.29. The first-order chi connectivity index (χ1) is 15.3. The first kappa shape index (κ1) is 21.9. The summed E-state index contributed by atoms with van der Waals surface area (Å²) in [5.74, 6) is 1.29. The minimum atomic E-state index is -4.77. The summed E-state index contributed by atoms with van der Waals surface area (Å²) in [6.07, 6.45) is 4.25. The molecule has 2 aliphatic rings. The molecule has 0 aliphatic heterocycles. The third kappa shape index (κ3) is 5.66. The Balaban J connectivity index is 0.000000159. The molecule has 168 valence electrons. The lowest BCUT2D eigenvalue weighted by Gasteiger charge is -2.08. The zero-order valence-corrected chi connectivity index (χ0v) is 17.2. The second-order valence-electron chi connectivity index (χ2n) is 7.78. The average Bonchev–Trinajstić information content (AvgIpc) is 3.52. The lowest BCUT2D eigenvalue weighted by Crippen LogP contribution is -2.18. The highest BCUT2D eigenvalue weighted by molar-refractivity contribution is 5.93. The third-order valence-electron chi connectivity index (χ3n) is 5.22. The van der Waals surface area contributed by atoms with Crippen molar-refractivity contribution in [1.29, 1.82) is 0 Å². The Bertz CT molecular complexity index is 1080. The van der Waals surface area contributed by atoms with Crippen LogP contribution >= 0.6 is 0 Å². The summed E-state index contributed by atoms with van der Waals surface area (Å²) in [6.45, 7) is 0. The maximum atomic E-state index is 11.7. The molecule has 0 atom stereocenters. The molecule has 5 rings (SSSR count). The lowest BCUT2D eigenvalue weighted by molar-refractivity contribution is -0.274. The van der Waals surface area contributed by atoms with E-state index in [1.54, 1.807) is 0 Å². The van der Waals surface area contributed by atoms with Crippen LogP contribution < -0.4 is 10.5 Å². The van der Waals surface area contributed by atoms with Crippen molar-refractivity contribution >= 4 is 5.91 Å². The number of amides is 1. The van der Waals surface area contributed by atoms with Crippen molar-refractivity contribution in [2.24, 2.45) is 5.73 Å². The van der Waals surface area contributed by atoms with Gasteiger partial charge in [0.1, 0.15) is 11.5 Å². The molecule has 0 radical (unpaired) electrons. The van der Waals surface area contributed by atoms with E-state index in [4.69, 9.17) is 10.2 Å². The highest BCUT2D eigenvalue weighted by Crippen LogP contribution is 2.40. The first-order valence-electron chi connectivity index (χ1n) is 10.4. The van der Waals surface area contributed by atoms with Crippen molar-refractivity contribution in [3.8, 4) is 17.2 Å². The van der Waals surface area contributed by atoms with E-state index in [1.807, 2.05) is 12.3 Å². The molecule has 2 aliphatic carbocycles. The van der Waals surface area contributed by atoms with E-state index < -0.39 is 18.0 Å². The van der Waals surface area contributed by atoms with E-state index in [9.17, 15) is 18.0 Å². The normalized spacial score (nSPS) is 15.3. The highest BCUT2D eigenvalue weighted by Gasteiger charge is 2.31. The van der Waals surface area contributed by atoms with Crippen molar-refractivity contribution in [2.45, 2.75) is 50.8 Å². The predicted octanol–water partition coefficient (Wildman–Crippen LogP) is 5.18. The van der Waals surface area contributed by atoms with Gasteiger partial charge >= 0.3 is 6.36 Å². The molecule has 0 unspecified atom stereocenters. The number of oxazole rings is 1. The molecule has 3 aromatic rings. The lowest BCUT2D eigenvalue weighted by atomic mass is 10.0. The van der Waals surface area contributed by atoms with Crippen molar-refractivity contribution in [3.05, 3.63) is 65.3 Å². The van der Waals surface area contributed by atoms with Crippen LogP contribution in [0.4, 0.5) is 13.2 Å². The van der Waals surface area contributed by atoms with Gasteiger partial charge in [-0.05, 0) is 62.4 Å². The summed E-state index contributed by atoms with van der Waals surface area (Å²) in [7, 11) is 0. The van der Waals surface area contributed by atoms with Crippen molar-refractivity contribution in [3.63, 3.8) is 0 Å². The number of hydrogen-bond donors (Lipinski definition) is 1. The Labute approximate surface area is 182 Å². The van der Waals surface area contributed by atoms with Gasteiger partial charge in [0.05, 0.1) is 5.69 Å². The second kappa shape index (κ2) is 9.02. The zero-order valence-electron chi connectivity index (χ0n) is 17.2. The quantitative estimate of drug-likeness (QED) is 0.598. The number of halogens is 3. The number of aryl methyl sites for hydroxylation is 2. The molecule has 2 heterocycles. The van der Waals surface area contributed by atoms with Gasteiger partial charge in [0.25, 0.3) is 0 Å². The van der Waals surface area contributed by atoms with E-state index in [1.165, 1.54) is 49.2 Å². The summed E-state index contributed by atoms with van der Waals surface area (Å²) >= 11 is 0. The molecule has 2 N–H and O–H groups in total. The highest BCUT2D eigenvalue weighted by atomic mass is 19.4. The van der Waals surface area contributed by atoms with E-state index in [0.29, 0.717) is 5.92 Å². The van der Waals surface area contributed by atoms with Gasteiger partial charge in [0.2, 0.25) is 11.8 Å². The molecular formula is C23H22F3N3O3. The molecule has 0 bridgehead atoms. The van der Waals surface area contributed by atoms with Gasteiger partial charge in [0, 0.05) is 35.4 Å². The van der Waals surface area contributed by atoms with Gasteiger partial charge in [-0.25, -0.2) is 4.98 Å². The fourth-order valence-electron chi connectivity index (χ4n) is 3.51. The fraction of sp³-hybridized carbons (Fsp3) is 0.348. The SMILES string of the molecule is NC(=O)c1cccc(OC(F)(F)F)c1.c1cc(-c2nc3c(o2)CCCC3)cc(C2CC2)n1. The van der Waals surface area contributed by atoms with Gasteiger partial charge in [-0.15, -0.1) is 13.2 Å². The Morgan fingerprint density at radius 2 is 1.91 bits per heavy atom. The van der Waals surface area contributed by atoms with E-state index in [0.717, 1.165) is 42.2 Å². The molecular weight excluding hydrogens is 423 g/mol. The number of carbonyl (C=O) groups is 1. The molecule has 1 fully saturated rings. The number of alkyl halides is 3. The van der Waals surface area contributed by atoms with Gasteiger partial charge in [-0.1, -0.05) is 6.07 Å². The largest absolute Gasteiger partial charge is 0.573 e. The van der Waals surface area contributed by atoms with E-state index in [2.05, 4.69) is 20.8 Å². The average molecular weight is 445 g/mol. The number of hydrogen-bond acceptors (Lipinski definition) is 5. The van der Waals surface area contributed by atoms with Crippen LogP contribution in [0.25, 0.3) is 11.5 Å². The van der Waals surface area contributed by atoms with Crippen molar-refractivity contribution < 1.29 is 27.1 Å². The molecule has 1 aromatic carbocycles. The number of primary amides is 1. The number of ether oxygens (including phenoxy) is 1. The Kier molecular flexibility index (Phi) is 6.16. The Hall–Kier alpha value is -3.36. The van der Waals surface area contributed by atoms with Crippen LogP contribution in [-0.2, 0) is 12.8 Å². The van der Waals surface area contributed by atoms with Crippen LogP contribution in [0.15, 0.2) is 47.0 Å². The van der Waals surface area contributed by atoms with Crippen LogP contribution in [0.3, 0.4) is 0 Å². The van der Waals surface area contributed by atoms with Crippen LogP contribution in [0.2, 0.25) is 0 Å². The Morgan fingerprint density at radius 3 is 2.59 bits per heavy atom. The zero-order chi connectivity index (χ0) is 22.7. The molecule has 0 spiro atoms. The van der Waals surface area contributed by atoms with Crippen molar-refractivity contribution in [1.82, 2.24) is 9.97 Å². The molecule has 6 nitrogen and oxygen atoms in total. The standard InChI is InChI=1S/C15H16N2O.C8H6F3NO2/c1-2-4-14-12(3-1)17-15(18-14)11-7-8-16-13(9-11)10-5-6-10;9-8(10,11)14-6-3-1-2-5(4-6)7(12)13/h7-10H,1-6H2;1-4H,(H2,12,13). The number of carbonyl (C=O) groups excluding carboxylic acids is 1. The van der Waals surface area contributed by atoms with Crippen LogP contribution in [0, 0.1) is 0 Å². The molecule has 9 heteroatoms. The Morgan fingerprint density at radius 1 is 1.12 bits per heavy atom. The topological polar surface area (TPSA) is 91.2 Å². The summed E-state index contributed by atoms with van der Waals surface area (Å²) in [6, 6.07) is 8.71. The number of fused-ring (bicyclic) bond motifs is 1. The minimum absolute atomic E-state index is 0.0354. The summed E-state index contributed by atoms with van der Waals surface area (Å²) in [5, 5.41) is 0. The smallest absolute Gasteiger partial charge is 0.441 e. The van der Waals surface area contributed by atoms with E-state index >= 15 is 0 Å². The van der Waals surface area contributed by atoms with Crippen molar-refractivity contribution in [2.75, 3.05) is 0 Å². The van der Waals surface area contributed by atoms with E-state index in [-0.39, 0.29) is 5.56 Å². The second-order valence-corrected chi connectivity index (χ2v) is 7.78. The summed E-state index contributed by atoms with van der Waals surface area (Å²) in [4.78, 5) is 19.7. The number of rotatable bonds is 4. The predicted molar refractivity (Wildman–Crippen MR) is 110 cm³/mol. The number of nitrogens with zero attached hydrogens (tertiary/aromatic N) is 2. The van der Waals surface area contributed by atoms with Gasteiger partial charge < -0.3 is 14.9 Å². The monoisotopic (exact) mass is 445 g/mol. The van der Waals surface area contributed by atoms with Gasteiger partial charge in [-0.2, -0.15) is 0 Å². The maximum absolute atomic E-state index is 11.7. The minimum Gasteiger partial charge on any atom is -0.441 e. The first-order valence-corrected chi connectivity index (χ1v) is 10.4. The fourth-order valence-corrected chi connectivity index (χ4v) is 3.51. The van der Waals surface area contributed by atoms with Crippen LogP contribution in [-0.4, -0.2) is 22.2 Å². The molecule has 1 saturated carbocycles. The molecule has 32 heavy (non-hydrogen) atoms. The number of aromatic nitrogens is 2.